The normalized spacial score (nSPS) is 12.0. The number of rotatable bonds is 8. The van der Waals surface area contributed by atoms with Crippen LogP contribution in [0, 0.1) is 11.3 Å². The number of thioether (sulfide) groups is 1. The molecule has 1 aromatic heterocycles. The van der Waals surface area contributed by atoms with Crippen LogP contribution < -0.4 is 4.74 Å². The van der Waals surface area contributed by atoms with Gasteiger partial charge in [0.25, 0.3) is 0 Å². The summed E-state index contributed by atoms with van der Waals surface area (Å²) in [4.78, 5) is 2.16. The third kappa shape index (κ3) is 4.78. The van der Waals surface area contributed by atoms with E-state index in [-0.39, 0.29) is 6.04 Å². The van der Waals surface area contributed by atoms with Gasteiger partial charge >= 0.3 is 0 Å². The second kappa shape index (κ2) is 9.59. The predicted octanol–water partition coefficient (Wildman–Crippen LogP) is 4.45. The number of nitrogens with zero attached hydrogens (tertiary/aromatic N) is 5. The average molecular weight is 408 g/mol. The molecule has 1 atom stereocenters. The molecule has 150 valence electrons. The summed E-state index contributed by atoms with van der Waals surface area (Å²) in [6, 6.07) is 17.9. The van der Waals surface area contributed by atoms with Gasteiger partial charge in [-0.25, -0.2) is 0 Å². The summed E-state index contributed by atoms with van der Waals surface area (Å²) >= 11 is 1.61. The topological polar surface area (TPSA) is 67.0 Å². The zero-order valence-electron chi connectivity index (χ0n) is 17.2. The molecule has 7 heteroatoms. The fourth-order valence-corrected chi connectivity index (χ4v) is 4.12. The zero-order chi connectivity index (χ0) is 20.8. The molecule has 2 aromatic carbocycles. The molecule has 3 aromatic rings. The maximum absolute atomic E-state index is 9.13. The molecule has 0 amide bonds. The third-order valence-electron chi connectivity index (χ3n) is 4.72. The van der Waals surface area contributed by atoms with Crippen LogP contribution >= 0.6 is 11.8 Å². The van der Waals surface area contributed by atoms with Gasteiger partial charge in [-0.3, -0.25) is 9.47 Å². The summed E-state index contributed by atoms with van der Waals surface area (Å²) in [6.07, 6.45) is 0.927. The van der Waals surface area contributed by atoms with E-state index in [2.05, 4.69) is 46.8 Å². The minimum atomic E-state index is 0.154. The molecule has 0 bridgehead atoms. The first-order valence-electron chi connectivity index (χ1n) is 9.45. The molecule has 3 rings (SSSR count). The second-order valence-corrected chi connectivity index (χ2v) is 7.81. The Balaban J connectivity index is 1.97. The lowest BCUT2D eigenvalue weighted by atomic mass is 10.2. The standard InChI is InChI=1S/C22H25N5OS/c1-5-20(26(2)3)21-24-25-22(27(21)18-9-11-19(28-4)12-10-18)29-15-17-8-6-7-16(13-17)14-23/h6-13,20H,5,15H2,1-4H3/t20-/m1/s1. The van der Waals surface area contributed by atoms with E-state index in [1.807, 2.05) is 48.5 Å². The van der Waals surface area contributed by atoms with Crippen LogP contribution in [0.5, 0.6) is 5.75 Å². The Bertz CT molecular complexity index is 991. The molecule has 0 N–H and O–H groups in total. The van der Waals surface area contributed by atoms with Crippen LogP contribution in [0.25, 0.3) is 5.69 Å². The number of methoxy groups -OCH3 is 1. The van der Waals surface area contributed by atoms with Gasteiger partial charge in [0, 0.05) is 11.4 Å². The van der Waals surface area contributed by atoms with Crippen molar-refractivity contribution in [1.29, 1.82) is 5.26 Å². The quantitative estimate of drug-likeness (QED) is 0.514. The summed E-state index contributed by atoms with van der Waals surface area (Å²) in [6.45, 7) is 2.15. The van der Waals surface area contributed by atoms with Crippen molar-refractivity contribution in [2.24, 2.45) is 0 Å². The fourth-order valence-electron chi connectivity index (χ4n) is 3.22. The van der Waals surface area contributed by atoms with Crippen molar-refractivity contribution in [2.75, 3.05) is 21.2 Å². The summed E-state index contributed by atoms with van der Waals surface area (Å²) in [5.41, 5.74) is 2.75. The SMILES string of the molecule is CC[C@H](c1nnc(SCc2cccc(C#N)c2)n1-c1ccc(OC)cc1)N(C)C. The summed E-state index contributed by atoms with van der Waals surface area (Å²) in [5.74, 6) is 2.43. The lowest BCUT2D eigenvalue weighted by molar-refractivity contribution is 0.276. The number of benzene rings is 2. The summed E-state index contributed by atoms with van der Waals surface area (Å²) in [7, 11) is 5.78. The van der Waals surface area contributed by atoms with Crippen molar-refractivity contribution in [2.45, 2.75) is 30.3 Å². The first-order chi connectivity index (χ1) is 14.1. The zero-order valence-corrected chi connectivity index (χ0v) is 18.0. The van der Waals surface area contributed by atoms with Crippen molar-refractivity contribution >= 4 is 11.8 Å². The largest absolute Gasteiger partial charge is 0.497 e. The van der Waals surface area contributed by atoms with Crippen molar-refractivity contribution in [3.63, 3.8) is 0 Å². The maximum Gasteiger partial charge on any atom is 0.196 e. The molecular formula is C22H25N5OS. The summed E-state index contributed by atoms with van der Waals surface area (Å²) in [5, 5.41) is 19.0. The van der Waals surface area contributed by atoms with Crippen molar-refractivity contribution in [3.05, 3.63) is 65.5 Å². The molecular weight excluding hydrogens is 382 g/mol. The van der Waals surface area contributed by atoms with E-state index >= 15 is 0 Å². The Kier molecular flexibility index (Phi) is 6.91. The van der Waals surface area contributed by atoms with Gasteiger partial charge in [0.1, 0.15) is 5.75 Å². The number of nitriles is 1. The minimum absolute atomic E-state index is 0.154. The van der Waals surface area contributed by atoms with Gasteiger partial charge in [-0.15, -0.1) is 10.2 Å². The molecule has 0 unspecified atom stereocenters. The molecule has 0 aliphatic carbocycles. The molecule has 1 heterocycles. The number of hydrogen-bond acceptors (Lipinski definition) is 6. The second-order valence-electron chi connectivity index (χ2n) is 6.86. The minimum Gasteiger partial charge on any atom is -0.497 e. The lowest BCUT2D eigenvalue weighted by Gasteiger charge is -2.23. The third-order valence-corrected chi connectivity index (χ3v) is 5.72. The van der Waals surface area contributed by atoms with Gasteiger partial charge in [0.05, 0.1) is 24.8 Å². The van der Waals surface area contributed by atoms with Gasteiger partial charge in [0.2, 0.25) is 0 Å². The molecule has 0 radical (unpaired) electrons. The van der Waals surface area contributed by atoms with E-state index in [0.29, 0.717) is 11.3 Å². The Hall–Kier alpha value is -2.82. The number of hydrogen-bond donors (Lipinski definition) is 0. The van der Waals surface area contributed by atoms with E-state index in [9.17, 15) is 0 Å². The van der Waals surface area contributed by atoms with Crippen LogP contribution in [0.15, 0.2) is 53.7 Å². The van der Waals surface area contributed by atoms with Crippen molar-refractivity contribution < 1.29 is 4.74 Å². The smallest absolute Gasteiger partial charge is 0.196 e. The van der Waals surface area contributed by atoms with Crippen LogP contribution in [0.3, 0.4) is 0 Å². The van der Waals surface area contributed by atoms with Gasteiger partial charge in [-0.05, 0) is 62.5 Å². The molecule has 0 aliphatic rings. The van der Waals surface area contributed by atoms with Crippen LogP contribution in [0.4, 0.5) is 0 Å². The first-order valence-corrected chi connectivity index (χ1v) is 10.4. The van der Waals surface area contributed by atoms with Crippen LogP contribution in [-0.4, -0.2) is 40.9 Å². The van der Waals surface area contributed by atoms with E-state index in [0.717, 1.165) is 34.4 Å². The Labute approximate surface area is 176 Å². The highest BCUT2D eigenvalue weighted by Gasteiger charge is 2.23. The average Bonchev–Trinajstić information content (AvgIpc) is 3.16. The lowest BCUT2D eigenvalue weighted by Crippen LogP contribution is -2.22. The monoisotopic (exact) mass is 407 g/mol. The number of aromatic nitrogens is 3. The van der Waals surface area contributed by atoms with Crippen molar-refractivity contribution in [1.82, 2.24) is 19.7 Å². The van der Waals surface area contributed by atoms with Crippen LogP contribution in [0.1, 0.15) is 36.3 Å². The summed E-state index contributed by atoms with van der Waals surface area (Å²) < 4.78 is 7.42. The van der Waals surface area contributed by atoms with Crippen LogP contribution in [-0.2, 0) is 5.75 Å². The molecule has 0 saturated carbocycles. The van der Waals surface area contributed by atoms with Crippen LogP contribution in [0.2, 0.25) is 0 Å². The van der Waals surface area contributed by atoms with Gasteiger partial charge in [-0.1, -0.05) is 30.8 Å². The van der Waals surface area contributed by atoms with E-state index in [1.54, 1.807) is 18.9 Å². The Morgan fingerprint density at radius 3 is 2.55 bits per heavy atom. The highest BCUT2D eigenvalue weighted by atomic mass is 32.2. The fraction of sp³-hybridized carbons (Fsp3) is 0.318. The van der Waals surface area contributed by atoms with E-state index in [4.69, 9.17) is 10.00 Å². The van der Waals surface area contributed by atoms with Gasteiger partial charge in [0.15, 0.2) is 11.0 Å². The van der Waals surface area contributed by atoms with E-state index < -0.39 is 0 Å². The van der Waals surface area contributed by atoms with Crippen molar-refractivity contribution in [3.8, 4) is 17.5 Å². The molecule has 6 nitrogen and oxygen atoms in total. The highest BCUT2D eigenvalue weighted by molar-refractivity contribution is 7.98. The Morgan fingerprint density at radius 2 is 1.93 bits per heavy atom. The molecule has 0 aliphatic heterocycles. The first kappa shape index (κ1) is 20.9. The molecule has 0 saturated heterocycles. The maximum atomic E-state index is 9.13. The predicted molar refractivity (Wildman–Crippen MR) is 115 cm³/mol. The molecule has 0 spiro atoms. The van der Waals surface area contributed by atoms with Gasteiger partial charge in [-0.2, -0.15) is 5.26 Å². The Morgan fingerprint density at radius 1 is 1.17 bits per heavy atom. The molecule has 0 fully saturated rings. The molecule has 29 heavy (non-hydrogen) atoms. The van der Waals surface area contributed by atoms with Gasteiger partial charge < -0.3 is 4.74 Å². The highest BCUT2D eigenvalue weighted by Crippen LogP contribution is 2.30. The number of ether oxygens (including phenoxy) is 1. The van der Waals surface area contributed by atoms with E-state index in [1.165, 1.54) is 0 Å².